The molecule has 0 spiro atoms. The Morgan fingerprint density at radius 3 is 2.88 bits per heavy atom. The van der Waals surface area contributed by atoms with Crippen LogP contribution in [-0.4, -0.2) is 22.7 Å². The second kappa shape index (κ2) is 5.43. The lowest BCUT2D eigenvalue weighted by molar-refractivity contribution is 0.348. The second-order valence-electron chi connectivity index (χ2n) is 4.57. The predicted octanol–water partition coefficient (Wildman–Crippen LogP) is 2.27. The molecule has 0 radical (unpaired) electrons. The highest BCUT2D eigenvalue weighted by molar-refractivity contribution is 5.03. The van der Waals surface area contributed by atoms with Crippen molar-refractivity contribution < 1.29 is 4.52 Å². The summed E-state index contributed by atoms with van der Waals surface area (Å²) in [6.07, 6.45) is 5.66. The monoisotopic (exact) mass is 223 g/mol. The zero-order valence-corrected chi connectivity index (χ0v) is 10.2. The largest absolute Gasteiger partial charge is 0.339 e. The number of hydrogen-bond acceptors (Lipinski definition) is 4. The minimum atomic E-state index is 0.475. The second-order valence-corrected chi connectivity index (χ2v) is 4.57. The SMILES string of the molecule is CCCC(Cc1nc(C2CC2)no1)NCC. The van der Waals surface area contributed by atoms with Gasteiger partial charge in [0.15, 0.2) is 5.82 Å². The van der Waals surface area contributed by atoms with Crippen molar-refractivity contribution >= 4 is 0 Å². The third-order valence-electron chi connectivity index (χ3n) is 2.98. The Labute approximate surface area is 96.8 Å². The summed E-state index contributed by atoms with van der Waals surface area (Å²) < 4.78 is 5.29. The Bertz CT molecular complexity index is 314. The van der Waals surface area contributed by atoms with Crippen molar-refractivity contribution in [2.75, 3.05) is 6.54 Å². The van der Waals surface area contributed by atoms with Crippen LogP contribution in [0.15, 0.2) is 4.52 Å². The van der Waals surface area contributed by atoms with Gasteiger partial charge in [0.25, 0.3) is 0 Å². The Morgan fingerprint density at radius 2 is 2.25 bits per heavy atom. The molecule has 2 rings (SSSR count). The van der Waals surface area contributed by atoms with E-state index in [2.05, 4.69) is 29.3 Å². The highest BCUT2D eigenvalue weighted by Gasteiger charge is 2.29. The summed E-state index contributed by atoms with van der Waals surface area (Å²) in [7, 11) is 0. The van der Waals surface area contributed by atoms with Crippen molar-refractivity contribution in [2.24, 2.45) is 0 Å². The molecule has 1 unspecified atom stereocenters. The summed E-state index contributed by atoms with van der Waals surface area (Å²) in [6, 6.07) is 0.475. The van der Waals surface area contributed by atoms with E-state index in [1.165, 1.54) is 19.3 Å². The number of aromatic nitrogens is 2. The lowest BCUT2D eigenvalue weighted by Gasteiger charge is -2.14. The van der Waals surface area contributed by atoms with Crippen molar-refractivity contribution in [1.29, 1.82) is 0 Å². The molecule has 0 aromatic carbocycles. The van der Waals surface area contributed by atoms with Crippen LogP contribution in [0.25, 0.3) is 0 Å². The van der Waals surface area contributed by atoms with Crippen LogP contribution < -0.4 is 5.32 Å². The van der Waals surface area contributed by atoms with E-state index in [1.54, 1.807) is 0 Å². The number of hydrogen-bond donors (Lipinski definition) is 1. The number of likely N-dealkylation sites (N-methyl/N-ethyl adjacent to an activating group) is 1. The number of rotatable bonds is 7. The lowest BCUT2D eigenvalue weighted by Crippen LogP contribution is -2.30. The van der Waals surface area contributed by atoms with E-state index in [0.29, 0.717) is 12.0 Å². The Morgan fingerprint density at radius 1 is 1.44 bits per heavy atom. The Hall–Kier alpha value is -0.900. The first-order valence-electron chi connectivity index (χ1n) is 6.39. The fourth-order valence-corrected chi connectivity index (χ4v) is 1.98. The third kappa shape index (κ3) is 3.04. The van der Waals surface area contributed by atoms with Gasteiger partial charge in [-0.3, -0.25) is 0 Å². The van der Waals surface area contributed by atoms with Crippen molar-refractivity contribution in [3.8, 4) is 0 Å². The zero-order valence-electron chi connectivity index (χ0n) is 10.2. The highest BCUT2D eigenvalue weighted by Crippen LogP contribution is 2.38. The fraction of sp³-hybridized carbons (Fsp3) is 0.833. The summed E-state index contributed by atoms with van der Waals surface area (Å²) in [5.74, 6) is 2.30. The van der Waals surface area contributed by atoms with E-state index in [4.69, 9.17) is 4.52 Å². The van der Waals surface area contributed by atoms with Crippen LogP contribution in [0.2, 0.25) is 0 Å². The molecule has 16 heavy (non-hydrogen) atoms. The molecule has 1 saturated carbocycles. The van der Waals surface area contributed by atoms with Gasteiger partial charge in [-0.05, 0) is 25.8 Å². The van der Waals surface area contributed by atoms with Crippen molar-refractivity contribution in [2.45, 2.75) is 57.9 Å². The van der Waals surface area contributed by atoms with E-state index in [1.807, 2.05) is 0 Å². The first-order valence-corrected chi connectivity index (χ1v) is 6.39. The molecule has 0 bridgehead atoms. The summed E-state index contributed by atoms with van der Waals surface area (Å²) in [4.78, 5) is 4.46. The molecular weight excluding hydrogens is 202 g/mol. The van der Waals surface area contributed by atoms with Crippen LogP contribution in [-0.2, 0) is 6.42 Å². The van der Waals surface area contributed by atoms with Gasteiger partial charge in [0.05, 0.1) is 0 Å². The van der Waals surface area contributed by atoms with Crippen LogP contribution in [0.1, 0.15) is 57.2 Å². The van der Waals surface area contributed by atoms with Gasteiger partial charge in [0.2, 0.25) is 5.89 Å². The molecule has 1 aliphatic carbocycles. The molecule has 0 amide bonds. The maximum atomic E-state index is 5.29. The minimum Gasteiger partial charge on any atom is -0.339 e. The Kier molecular flexibility index (Phi) is 3.93. The average molecular weight is 223 g/mol. The van der Waals surface area contributed by atoms with Gasteiger partial charge in [-0.1, -0.05) is 25.4 Å². The summed E-state index contributed by atoms with van der Waals surface area (Å²) in [5, 5.41) is 7.50. The molecule has 0 saturated heterocycles. The van der Waals surface area contributed by atoms with E-state index in [-0.39, 0.29) is 0 Å². The van der Waals surface area contributed by atoms with Gasteiger partial charge in [-0.15, -0.1) is 0 Å². The molecule has 1 aromatic heterocycles. The third-order valence-corrected chi connectivity index (χ3v) is 2.98. The first-order chi connectivity index (χ1) is 7.83. The van der Waals surface area contributed by atoms with Crippen molar-refractivity contribution in [3.05, 3.63) is 11.7 Å². The smallest absolute Gasteiger partial charge is 0.228 e. The molecule has 4 nitrogen and oxygen atoms in total. The molecule has 1 N–H and O–H groups in total. The molecule has 1 heterocycles. The average Bonchev–Trinajstić information content (AvgIpc) is 3.01. The first kappa shape index (κ1) is 11.6. The highest BCUT2D eigenvalue weighted by atomic mass is 16.5. The molecular formula is C12H21N3O. The maximum absolute atomic E-state index is 5.29. The van der Waals surface area contributed by atoms with Crippen LogP contribution in [0.5, 0.6) is 0 Å². The van der Waals surface area contributed by atoms with E-state index < -0.39 is 0 Å². The molecule has 4 heteroatoms. The van der Waals surface area contributed by atoms with Crippen LogP contribution in [0, 0.1) is 0 Å². The lowest BCUT2D eigenvalue weighted by atomic mass is 10.1. The van der Waals surface area contributed by atoms with E-state index in [9.17, 15) is 0 Å². The molecule has 1 atom stereocenters. The van der Waals surface area contributed by atoms with Crippen LogP contribution in [0.4, 0.5) is 0 Å². The summed E-state index contributed by atoms with van der Waals surface area (Å²) in [6.45, 7) is 5.33. The van der Waals surface area contributed by atoms with Crippen molar-refractivity contribution in [3.63, 3.8) is 0 Å². The van der Waals surface area contributed by atoms with Gasteiger partial charge >= 0.3 is 0 Å². The standard InChI is InChI=1S/C12H21N3O/c1-3-5-10(13-4-2)8-11-14-12(15-16-11)9-6-7-9/h9-10,13H,3-8H2,1-2H3. The Balaban J connectivity index is 1.89. The quantitative estimate of drug-likeness (QED) is 0.770. The van der Waals surface area contributed by atoms with Gasteiger partial charge in [0, 0.05) is 18.4 Å². The zero-order chi connectivity index (χ0) is 11.4. The van der Waals surface area contributed by atoms with E-state index in [0.717, 1.165) is 31.1 Å². The number of nitrogens with zero attached hydrogens (tertiary/aromatic N) is 2. The molecule has 1 aromatic rings. The summed E-state index contributed by atoms with van der Waals surface area (Å²) in [5.41, 5.74) is 0. The molecule has 1 aliphatic rings. The summed E-state index contributed by atoms with van der Waals surface area (Å²) >= 11 is 0. The predicted molar refractivity (Wildman–Crippen MR) is 62.3 cm³/mol. The fourth-order valence-electron chi connectivity index (χ4n) is 1.98. The molecule has 0 aliphatic heterocycles. The van der Waals surface area contributed by atoms with Gasteiger partial charge in [-0.25, -0.2) is 0 Å². The normalized spacial score (nSPS) is 17.6. The van der Waals surface area contributed by atoms with Gasteiger partial charge in [-0.2, -0.15) is 4.98 Å². The van der Waals surface area contributed by atoms with Crippen molar-refractivity contribution in [1.82, 2.24) is 15.5 Å². The number of nitrogens with one attached hydrogen (secondary N) is 1. The molecule has 1 fully saturated rings. The van der Waals surface area contributed by atoms with Crippen LogP contribution in [0.3, 0.4) is 0 Å². The molecule has 90 valence electrons. The minimum absolute atomic E-state index is 0.475. The van der Waals surface area contributed by atoms with Crippen LogP contribution >= 0.6 is 0 Å². The topological polar surface area (TPSA) is 51.0 Å². The van der Waals surface area contributed by atoms with E-state index >= 15 is 0 Å². The maximum Gasteiger partial charge on any atom is 0.228 e. The van der Waals surface area contributed by atoms with Gasteiger partial charge < -0.3 is 9.84 Å². The van der Waals surface area contributed by atoms with Gasteiger partial charge in [0.1, 0.15) is 0 Å².